The first-order valence-electron chi connectivity index (χ1n) is 9.77. The van der Waals surface area contributed by atoms with Gasteiger partial charge in [0.15, 0.2) is 0 Å². The molecule has 0 bridgehead atoms. The van der Waals surface area contributed by atoms with E-state index in [-0.39, 0.29) is 11.3 Å². The zero-order valence-electron chi connectivity index (χ0n) is 16.8. The highest BCUT2D eigenvalue weighted by Crippen LogP contribution is 2.37. The fraction of sp³-hybridized carbons (Fsp3) is 0.619. The average molecular weight is 376 g/mol. The number of nitrogens with zero attached hydrogens (tertiary/aromatic N) is 1. The SMILES string of the molecule is CCC1(c2cccc(OC(=O)NC(C(=O)O)C(C)C)c2)CCCCN(C)C1. The molecular weight excluding hydrogens is 344 g/mol. The van der Waals surface area contributed by atoms with Crippen molar-refractivity contribution < 1.29 is 19.4 Å². The Bertz CT molecular complexity index is 661. The van der Waals surface area contributed by atoms with Gasteiger partial charge in [0, 0.05) is 12.0 Å². The van der Waals surface area contributed by atoms with E-state index in [4.69, 9.17) is 4.74 Å². The summed E-state index contributed by atoms with van der Waals surface area (Å²) in [4.78, 5) is 25.8. The summed E-state index contributed by atoms with van der Waals surface area (Å²) in [5, 5.41) is 11.7. The Morgan fingerprint density at radius 1 is 1.33 bits per heavy atom. The highest BCUT2D eigenvalue weighted by atomic mass is 16.6. The summed E-state index contributed by atoms with van der Waals surface area (Å²) in [5.74, 6) is -0.856. The van der Waals surface area contributed by atoms with Crippen molar-refractivity contribution in [3.05, 3.63) is 29.8 Å². The summed E-state index contributed by atoms with van der Waals surface area (Å²) in [5.41, 5.74) is 1.21. The van der Waals surface area contributed by atoms with Crippen LogP contribution in [0.25, 0.3) is 0 Å². The van der Waals surface area contributed by atoms with Crippen LogP contribution < -0.4 is 10.1 Å². The molecule has 6 heteroatoms. The van der Waals surface area contributed by atoms with Crippen LogP contribution >= 0.6 is 0 Å². The smallest absolute Gasteiger partial charge is 0.413 e. The molecule has 1 heterocycles. The van der Waals surface area contributed by atoms with Gasteiger partial charge in [0.25, 0.3) is 0 Å². The Kier molecular flexibility index (Phi) is 7.25. The van der Waals surface area contributed by atoms with Crippen molar-refractivity contribution in [2.24, 2.45) is 5.92 Å². The van der Waals surface area contributed by atoms with Crippen molar-refractivity contribution in [3.63, 3.8) is 0 Å². The number of nitrogens with one attached hydrogen (secondary N) is 1. The van der Waals surface area contributed by atoms with E-state index in [0.29, 0.717) is 5.75 Å². The van der Waals surface area contributed by atoms with Gasteiger partial charge in [0.2, 0.25) is 0 Å². The van der Waals surface area contributed by atoms with Crippen LogP contribution in [-0.2, 0) is 10.2 Å². The zero-order chi connectivity index (χ0) is 20.0. The van der Waals surface area contributed by atoms with E-state index >= 15 is 0 Å². The van der Waals surface area contributed by atoms with Crippen molar-refractivity contribution in [2.45, 2.75) is 57.9 Å². The van der Waals surface area contributed by atoms with E-state index in [1.54, 1.807) is 19.9 Å². The van der Waals surface area contributed by atoms with E-state index in [9.17, 15) is 14.7 Å². The second-order valence-corrected chi connectivity index (χ2v) is 7.95. The summed E-state index contributed by atoms with van der Waals surface area (Å²) in [6, 6.07) is 6.68. The maximum atomic E-state index is 12.2. The summed E-state index contributed by atoms with van der Waals surface area (Å²) < 4.78 is 5.40. The number of carboxylic acids is 1. The van der Waals surface area contributed by atoms with Gasteiger partial charge in [-0.15, -0.1) is 0 Å². The number of carbonyl (C=O) groups is 2. The van der Waals surface area contributed by atoms with E-state index in [1.807, 2.05) is 12.1 Å². The van der Waals surface area contributed by atoms with Gasteiger partial charge < -0.3 is 20.1 Å². The maximum absolute atomic E-state index is 12.2. The van der Waals surface area contributed by atoms with Crippen LogP contribution in [0.1, 0.15) is 52.0 Å². The molecule has 2 atom stereocenters. The first-order valence-corrected chi connectivity index (χ1v) is 9.77. The van der Waals surface area contributed by atoms with Crippen molar-refractivity contribution in [2.75, 3.05) is 20.1 Å². The summed E-state index contributed by atoms with van der Waals surface area (Å²) in [7, 11) is 2.15. The quantitative estimate of drug-likeness (QED) is 0.792. The Morgan fingerprint density at radius 2 is 2.07 bits per heavy atom. The molecule has 0 saturated carbocycles. The van der Waals surface area contributed by atoms with E-state index < -0.39 is 18.1 Å². The van der Waals surface area contributed by atoms with Gasteiger partial charge in [-0.25, -0.2) is 9.59 Å². The number of hydrogen-bond acceptors (Lipinski definition) is 4. The first-order chi connectivity index (χ1) is 12.8. The van der Waals surface area contributed by atoms with Gasteiger partial charge in [-0.05, 0) is 56.5 Å². The van der Waals surface area contributed by atoms with Gasteiger partial charge in [0.05, 0.1) is 0 Å². The minimum absolute atomic E-state index is 0.0443. The molecule has 1 saturated heterocycles. The molecule has 150 valence electrons. The highest BCUT2D eigenvalue weighted by Gasteiger charge is 2.33. The molecule has 1 aromatic carbocycles. The number of aliphatic carboxylic acids is 1. The van der Waals surface area contributed by atoms with Crippen LogP contribution in [0.2, 0.25) is 0 Å². The standard InChI is InChI=1S/C21H32N2O4/c1-5-21(11-6-7-12-23(4)14-21)16-9-8-10-17(13-16)27-20(26)22-18(15(2)3)19(24)25/h8-10,13,15,18H,5-7,11-12,14H2,1-4H3,(H,22,26)(H,24,25). The second kappa shape index (κ2) is 9.22. The number of carbonyl (C=O) groups excluding carboxylic acids is 1. The molecule has 0 spiro atoms. The minimum Gasteiger partial charge on any atom is -0.480 e. The molecule has 2 N–H and O–H groups in total. The fourth-order valence-electron chi connectivity index (χ4n) is 3.91. The second-order valence-electron chi connectivity index (χ2n) is 7.95. The first kappa shape index (κ1) is 21.2. The largest absolute Gasteiger partial charge is 0.480 e. The molecule has 0 aliphatic carbocycles. The summed E-state index contributed by atoms with van der Waals surface area (Å²) >= 11 is 0. The summed E-state index contributed by atoms with van der Waals surface area (Å²) in [6.07, 6.45) is 3.76. The predicted molar refractivity (Wildman–Crippen MR) is 105 cm³/mol. The fourth-order valence-corrected chi connectivity index (χ4v) is 3.91. The molecule has 2 unspecified atom stereocenters. The van der Waals surface area contributed by atoms with E-state index in [2.05, 4.69) is 30.3 Å². The lowest BCUT2D eigenvalue weighted by molar-refractivity contribution is -0.140. The number of carboxylic acid groups (broad SMARTS) is 1. The topological polar surface area (TPSA) is 78.9 Å². The third-order valence-corrected chi connectivity index (χ3v) is 5.56. The van der Waals surface area contributed by atoms with Gasteiger partial charge in [-0.3, -0.25) is 0 Å². The number of hydrogen-bond donors (Lipinski definition) is 2. The van der Waals surface area contributed by atoms with Crippen LogP contribution in [0.4, 0.5) is 4.79 Å². The van der Waals surface area contributed by atoms with Gasteiger partial charge in [-0.2, -0.15) is 0 Å². The molecule has 1 amide bonds. The Balaban J connectivity index is 2.16. The zero-order valence-corrected chi connectivity index (χ0v) is 16.8. The highest BCUT2D eigenvalue weighted by molar-refractivity contribution is 5.81. The molecule has 1 fully saturated rings. The van der Waals surface area contributed by atoms with E-state index in [1.165, 1.54) is 18.4 Å². The van der Waals surface area contributed by atoms with Crippen molar-refractivity contribution in [1.82, 2.24) is 10.2 Å². The molecule has 2 rings (SSSR count). The van der Waals surface area contributed by atoms with Gasteiger partial charge >= 0.3 is 12.1 Å². The van der Waals surface area contributed by atoms with Crippen LogP contribution in [0.15, 0.2) is 24.3 Å². The average Bonchev–Trinajstić information content (AvgIpc) is 2.81. The third-order valence-electron chi connectivity index (χ3n) is 5.56. The Hall–Kier alpha value is -2.08. The molecule has 1 aliphatic rings. The molecular formula is C21H32N2O4. The lowest BCUT2D eigenvalue weighted by atomic mass is 9.74. The van der Waals surface area contributed by atoms with Gasteiger partial charge in [0.1, 0.15) is 11.8 Å². The predicted octanol–water partition coefficient (Wildman–Crippen LogP) is 3.65. The van der Waals surface area contributed by atoms with Crippen LogP contribution in [0.3, 0.4) is 0 Å². The monoisotopic (exact) mass is 376 g/mol. The number of benzene rings is 1. The Labute approximate surface area is 161 Å². The lowest BCUT2D eigenvalue weighted by Gasteiger charge is -2.35. The molecule has 0 aromatic heterocycles. The third kappa shape index (κ3) is 5.45. The Morgan fingerprint density at radius 3 is 2.70 bits per heavy atom. The van der Waals surface area contributed by atoms with Crippen molar-refractivity contribution in [3.8, 4) is 5.75 Å². The summed E-state index contributed by atoms with van der Waals surface area (Å²) in [6.45, 7) is 7.78. The van der Waals surface area contributed by atoms with Gasteiger partial charge in [-0.1, -0.05) is 39.3 Å². The molecule has 6 nitrogen and oxygen atoms in total. The number of rotatable bonds is 6. The number of likely N-dealkylation sites (tertiary alicyclic amines) is 1. The van der Waals surface area contributed by atoms with Crippen LogP contribution in [-0.4, -0.2) is 48.2 Å². The number of ether oxygens (including phenoxy) is 1. The lowest BCUT2D eigenvalue weighted by Crippen LogP contribution is -2.45. The molecule has 0 radical (unpaired) electrons. The minimum atomic E-state index is -1.07. The van der Waals surface area contributed by atoms with Crippen molar-refractivity contribution >= 4 is 12.1 Å². The number of likely N-dealkylation sites (N-methyl/N-ethyl adjacent to an activating group) is 1. The molecule has 1 aromatic rings. The molecule has 1 aliphatic heterocycles. The van der Waals surface area contributed by atoms with E-state index in [0.717, 1.165) is 25.9 Å². The number of amides is 1. The maximum Gasteiger partial charge on any atom is 0.413 e. The molecule has 27 heavy (non-hydrogen) atoms. The van der Waals surface area contributed by atoms with Crippen molar-refractivity contribution in [1.29, 1.82) is 0 Å². The van der Waals surface area contributed by atoms with Crippen LogP contribution in [0, 0.1) is 5.92 Å². The normalized spacial score (nSPS) is 22.1. The van der Waals surface area contributed by atoms with Crippen LogP contribution in [0.5, 0.6) is 5.75 Å².